The molecule has 40 heavy (non-hydrogen) atoms. The van der Waals surface area contributed by atoms with Gasteiger partial charge in [-0.1, -0.05) is 198 Å². The minimum atomic E-state index is -2.56. The third-order valence-electron chi connectivity index (χ3n) is 8.55. The van der Waals surface area contributed by atoms with Crippen LogP contribution in [-0.4, -0.2) is 26.1 Å². The summed E-state index contributed by atoms with van der Waals surface area (Å²) in [6.07, 6.45) is 23.8. The average Bonchev–Trinajstić information content (AvgIpc) is 2.95. The van der Waals surface area contributed by atoms with Crippen LogP contribution in [0.25, 0.3) is 0 Å². The minimum Gasteiger partial charge on any atom is -0.405 e. The normalized spacial score (nSPS) is 13.0. The van der Waals surface area contributed by atoms with E-state index in [4.69, 9.17) is 4.43 Å². The summed E-state index contributed by atoms with van der Waals surface area (Å²) in [5, 5.41) is 13.4. The van der Waals surface area contributed by atoms with Gasteiger partial charge in [0.1, 0.15) is 0 Å². The molecular weight excluding hydrogens is 504 g/mol. The zero-order valence-electron chi connectivity index (χ0n) is 26.6. The first-order chi connectivity index (χ1) is 19.4. The minimum absolute atomic E-state index is 0.0523. The summed E-state index contributed by atoms with van der Waals surface area (Å²) in [5.41, 5.74) is 0. The van der Waals surface area contributed by atoms with E-state index in [-0.39, 0.29) is 5.04 Å². The molecule has 0 saturated carbocycles. The molecule has 0 aromatic heterocycles. The Kier molecular flexibility index (Phi) is 17.8. The van der Waals surface area contributed by atoms with E-state index in [1.807, 2.05) is 0 Å². The number of unbranched alkanes of at least 4 members (excludes halogenated alkanes) is 16. The molecule has 0 aliphatic carbocycles. The predicted octanol–water partition coefficient (Wildman–Crippen LogP) is 9.97. The van der Waals surface area contributed by atoms with Gasteiger partial charge in [0.15, 0.2) is 0 Å². The molecule has 0 aliphatic rings. The fourth-order valence-electron chi connectivity index (χ4n) is 6.17. The van der Waals surface area contributed by atoms with E-state index in [9.17, 15) is 5.11 Å². The largest absolute Gasteiger partial charge is 0.405 e. The summed E-state index contributed by atoms with van der Waals surface area (Å²) < 4.78 is 6.90. The van der Waals surface area contributed by atoms with Crippen LogP contribution >= 0.6 is 0 Å². The van der Waals surface area contributed by atoms with Gasteiger partial charge in [0.05, 0.1) is 12.7 Å². The van der Waals surface area contributed by atoms with Crippen LogP contribution < -0.4 is 10.4 Å². The van der Waals surface area contributed by atoms with Crippen LogP contribution in [0.15, 0.2) is 60.7 Å². The van der Waals surface area contributed by atoms with Crippen molar-refractivity contribution < 1.29 is 9.53 Å². The predicted molar refractivity (Wildman–Crippen MR) is 178 cm³/mol. The Labute approximate surface area is 249 Å². The van der Waals surface area contributed by atoms with Crippen molar-refractivity contribution in [2.24, 2.45) is 0 Å². The summed E-state index contributed by atoms with van der Waals surface area (Å²) >= 11 is 0. The molecule has 2 nitrogen and oxygen atoms in total. The van der Waals surface area contributed by atoms with Gasteiger partial charge in [-0.25, -0.2) is 0 Å². The van der Waals surface area contributed by atoms with Gasteiger partial charge in [-0.05, 0) is 21.8 Å². The molecule has 1 atom stereocenters. The molecule has 0 fully saturated rings. The van der Waals surface area contributed by atoms with Crippen LogP contribution in [0.1, 0.15) is 143 Å². The molecular formula is C37H62O2Si. The molecule has 2 aromatic rings. The van der Waals surface area contributed by atoms with Crippen molar-refractivity contribution >= 4 is 18.7 Å². The lowest BCUT2D eigenvalue weighted by Gasteiger charge is -2.43. The Bertz CT molecular complexity index is 806. The van der Waals surface area contributed by atoms with Crippen molar-refractivity contribution in [3.05, 3.63) is 60.7 Å². The Hall–Kier alpha value is -1.42. The van der Waals surface area contributed by atoms with Gasteiger partial charge in [0, 0.05) is 0 Å². The van der Waals surface area contributed by atoms with E-state index in [1.54, 1.807) is 0 Å². The van der Waals surface area contributed by atoms with E-state index in [0.717, 1.165) is 12.8 Å². The first-order valence-electron chi connectivity index (χ1n) is 16.8. The van der Waals surface area contributed by atoms with Crippen LogP contribution in [0.2, 0.25) is 5.04 Å². The summed E-state index contributed by atoms with van der Waals surface area (Å²) in [4.78, 5) is 0. The van der Waals surface area contributed by atoms with Gasteiger partial charge in [0.2, 0.25) is 0 Å². The topological polar surface area (TPSA) is 29.5 Å². The first-order valence-corrected chi connectivity index (χ1v) is 18.8. The van der Waals surface area contributed by atoms with Crippen LogP contribution in [0.4, 0.5) is 0 Å². The lowest BCUT2D eigenvalue weighted by atomic mass is 10.0. The number of aliphatic hydroxyl groups excluding tert-OH is 1. The zero-order chi connectivity index (χ0) is 28.9. The maximum Gasteiger partial charge on any atom is 0.261 e. The highest BCUT2D eigenvalue weighted by molar-refractivity contribution is 6.99. The third kappa shape index (κ3) is 12.6. The third-order valence-corrected chi connectivity index (χ3v) is 13.6. The lowest BCUT2D eigenvalue weighted by Crippen LogP contribution is -2.67. The van der Waals surface area contributed by atoms with E-state index < -0.39 is 14.4 Å². The number of hydrogen-bond acceptors (Lipinski definition) is 2. The number of benzene rings is 2. The molecule has 0 heterocycles. The summed E-state index contributed by atoms with van der Waals surface area (Å²) in [7, 11) is -2.56. The quantitative estimate of drug-likeness (QED) is 0.107. The molecule has 0 spiro atoms. The van der Waals surface area contributed by atoms with Crippen LogP contribution in [0, 0.1) is 0 Å². The van der Waals surface area contributed by atoms with Crippen molar-refractivity contribution in [1.29, 1.82) is 0 Å². The molecule has 1 N–H and O–H groups in total. The van der Waals surface area contributed by atoms with E-state index in [0.29, 0.717) is 6.61 Å². The van der Waals surface area contributed by atoms with E-state index in [1.165, 1.54) is 113 Å². The Morgan fingerprint density at radius 2 is 0.925 bits per heavy atom. The van der Waals surface area contributed by atoms with Crippen molar-refractivity contribution in [1.82, 2.24) is 0 Å². The molecule has 0 aliphatic heterocycles. The maximum absolute atomic E-state index is 10.9. The lowest BCUT2D eigenvalue weighted by molar-refractivity contribution is 0.0927. The fourth-order valence-corrected chi connectivity index (χ4v) is 10.8. The van der Waals surface area contributed by atoms with Gasteiger partial charge in [-0.2, -0.15) is 0 Å². The van der Waals surface area contributed by atoms with Crippen molar-refractivity contribution in [3.63, 3.8) is 0 Å². The molecule has 2 rings (SSSR count). The maximum atomic E-state index is 10.9. The first kappa shape index (κ1) is 34.8. The second kappa shape index (κ2) is 20.5. The average molecular weight is 567 g/mol. The molecule has 1 unspecified atom stereocenters. The Morgan fingerprint density at radius 3 is 1.27 bits per heavy atom. The summed E-state index contributed by atoms with van der Waals surface area (Å²) in [6.45, 7) is 9.58. The zero-order valence-corrected chi connectivity index (χ0v) is 27.6. The van der Waals surface area contributed by atoms with E-state index in [2.05, 4.69) is 88.4 Å². The summed E-state index contributed by atoms with van der Waals surface area (Å²) in [6, 6.07) is 21.5. The molecule has 0 radical (unpaired) electrons. The molecule has 0 bridgehead atoms. The molecule has 0 amide bonds. The van der Waals surface area contributed by atoms with Gasteiger partial charge < -0.3 is 9.53 Å². The van der Waals surface area contributed by atoms with Crippen LogP contribution in [0.5, 0.6) is 0 Å². The molecule has 3 heteroatoms. The fraction of sp³-hybridized carbons (Fsp3) is 0.676. The number of hydrogen-bond donors (Lipinski definition) is 1. The monoisotopic (exact) mass is 566 g/mol. The van der Waals surface area contributed by atoms with Gasteiger partial charge in [-0.3, -0.25) is 0 Å². The van der Waals surface area contributed by atoms with Gasteiger partial charge >= 0.3 is 0 Å². The smallest absolute Gasteiger partial charge is 0.261 e. The Morgan fingerprint density at radius 1 is 0.575 bits per heavy atom. The SMILES string of the molecule is CCCCCCCCCCCCCCCCCCCC(O)CO[Si](c1ccccc1)(c1ccccc1)C(C)(C)C. The Balaban J connectivity index is 1.61. The highest BCUT2D eigenvalue weighted by atomic mass is 28.4. The molecule has 0 saturated heterocycles. The van der Waals surface area contributed by atoms with E-state index >= 15 is 0 Å². The second-order valence-electron chi connectivity index (χ2n) is 13.1. The number of aliphatic hydroxyl groups is 1. The van der Waals surface area contributed by atoms with Crippen molar-refractivity contribution in [2.75, 3.05) is 6.61 Å². The van der Waals surface area contributed by atoms with Crippen LogP contribution in [0.3, 0.4) is 0 Å². The standard InChI is InChI=1S/C37H62O2Si/c1-5-6-7-8-9-10-11-12-13-14-15-16-17-18-19-20-23-28-34(38)33-39-40(37(2,3)4,35-29-24-21-25-30-35)36-31-26-22-27-32-36/h21-22,24-27,29-32,34,38H,5-20,23,28,33H2,1-4H3. The molecule has 226 valence electrons. The van der Waals surface area contributed by atoms with Gasteiger partial charge in [-0.15, -0.1) is 0 Å². The highest BCUT2D eigenvalue weighted by Gasteiger charge is 2.50. The van der Waals surface area contributed by atoms with Crippen molar-refractivity contribution in [2.45, 2.75) is 154 Å². The second-order valence-corrected chi connectivity index (χ2v) is 17.4. The number of rotatable bonds is 23. The van der Waals surface area contributed by atoms with Crippen molar-refractivity contribution in [3.8, 4) is 0 Å². The highest BCUT2D eigenvalue weighted by Crippen LogP contribution is 2.36. The van der Waals surface area contributed by atoms with Crippen LogP contribution in [-0.2, 0) is 4.43 Å². The molecule has 2 aromatic carbocycles. The summed E-state index contributed by atoms with van der Waals surface area (Å²) in [5.74, 6) is 0. The van der Waals surface area contributed by atoms with Gasteiger partial charge in [0.25, 0.3) is 8.32 Å².